The SMILES string of the molecule is Cc1cccc(OCCNC(=O)[C@@H]2COc3ccccc3O2)c1C. The van der Waals surface area contributed by atoms with E-state index in [4.69, 9.17) is 14.2 Å². The van der Waals surface area contributed by atoms with Gasteiger partial charge >= 0.3 is 0 Å². The molecule has 0 aliphatic carbocycles. The third-order valence-corrected chi connectivity index (χ3v) is 4.01. The van der Waals surface area contributed by atoms with E-state index in [9.17, 15) is 4.79 Å². The van der Waals surface area contributed by atoms with Crippen molar-refractivity contribution in [3.63, 3.8) is 0 Å². The number of carbonyl (C=O) groups excluding carboxylic acids is 1. The van der Waals surface area contributed by atoms with E-state index in [-0.39, 0.29) is 12.5 Å². The van der Waals surface area contributed by atoms with Crippen LogP contribution in [0, 0.1) is 13.8 Å². The molecule has 2 aromatic rings. The van der Waals surface area contributed by atoms with Gasteiger partial charge in [-0.15, -0.1) is 0 Å². The molecule has 126 valence electrons. The Morgan fingerprint density at radius 2 is 1.96 bits per heavy atom. The van der Waals surface area contributed by atoms with Gasteiger partial charge in [-0.1, -0.05) is 24.3 Å². The number of rotatable bonds is 5. The summed E-state index contributed by atoms with van der Waals surface area (Å²) < 4.78 is 16.9. The molecule has 2 aromatic carbocycles. The number of aryl methyl sites for hydroxylation is 1. The second kappa shape index (κ2) is 7.25. The fourth-order valence-corrected chi connectivity index (χ4v) is 2.48. The van der Waals surface area contributed by atoms with Crippen molar-refractivity contribution in [1.82, 2.24) is 5.32 Å². The number of benzene rings is 2. The fourth-order valence-electron chi connectivity index (χ4n) is 2.48. The smallest absolute Gasteiger partial charge is 0.264 e. The maximum Gasteiger partial charge on any atom is 0.264 e. The lowest BCUT2D eigenvalue weighted by molar-refractivity contribution is -0.130. The standard InChI is InChI=1S/C19H21NO4/c1-13-6-5-9-15(14(13)2)22-11-10-20-19(21)18-12-23-16-7-3-4-8-17(16)24-18/h3-9,18H,10-12H2,1-2H3,(H,20,21)/t18-/m0/s1. The van der Waals surface area contributed by atoms with Crippen LogP contribution in [0.15, 0.2) is 42.5 Å². The Morgan fingerprint density at radius 3 is 2.79 bits per heavy atom. The lowest BCUT2D eigenvalue weighted by Gasteiger charge is -2.25. The lowest BCUT2D eigenvalue weighted by Crippen LogP contribution is -2.45. The van der Waals surface area contributed by atoms with Crippen molar-refractivity contribution in [3.8, 4) is 17.2 Å². The van der Waals surface area contributed by atoms with Crippen molar-refractivity contribution in [1.29, 1.82) is 0 Å². The van der Waals surface area contributed by atoms with Gasteiger partial charge in [-0.2, -0.15) is 0 Å². The number of para-hydroxylation sites is 2. The Bertz CT molecular complexity index is 729. The van der Waals surface area contributed by atoms with Gasteiger partial charge in [0, 0.05) is 0 Å². The summed E-state index contributed by atoms with van der Waals surface area (Å²) in [5.74, 6) is 1.90. The highest BCUT2D eigenvalue weighted by atomic mass is 16.6. The van der Waals surface area contributed by atoms with Gasteiger partial charge in [0.15, 0.2) is 11.5 Å². The molecule has 5 nitrogen and oxygen atoms in total. The lowest BCUT2D eigenvalue weighted by atomic mass is 10.1. The molecule has 0 fully saturated rings. The number of fused-ring (bicyclic) bond motifs is 1. The summed E-state index contributed by atoms with van der Waals surface area (Å²) in [6.07, 6.45) is -0.638. The minimum absolute atomic E-state index is 0.200. The van der Waals surface area contributed by atoms with Crippen LogP contribution in [0.3, 0.4) is 0 Å². The average molecular weight is 327 g/mol. The summed E-state index contributed by atoms with van der Waals surface area (Å²) in [5, 5.41) is 2.82. The number of hydrogen-bond acceptors (Lipinski definition) is 4. The minimum Gasteiger partial charge on any atom is -0.491 e. The highest BCUT2D eigenvalue weighted by Gasteiger charge is 2.26. The van der Waals surface area contributed by atoms with Crippen LogP contribution in [0.5, 0.6) is 17.2 Å². The predicted octanol–water partition coefficient (Wildman–Crippen LogP) is 2.64. The van der Waals surface area contributed by atoms with Crippen LogP contribution in [-0.2, 0) is 4.79 Å². The van der Waals surface area contributed by atoms with Crippen molar-refractivity contribution >= 4 is 5.91 Å². The first-order valence-electron chi connectivity index (χ1n) is 8.00. The molecule has 1 heterocycles. The van der Waals surface area contributed by atoms with Crippen LogP contribution in [0.2, 0.25) is 0 Å². The highest BCUT2D eigenvalue weighted by molar-refractivity contribution is 5.81. The second-order valence-electron chi connectivity index (χ2n) is 5.70. The Kier molecular flexibility index (Phi) is 4.89. The van der Waals surface area contributed by atoms with Crippen LogP contribution >= 0.6 is 0 Å². The van der Waals surface area contributed by atoms with Crippen LogP contribution in [0.4, 0.5) is 0 Å². The highest BCUT2D eigenvalue weighted by Crippen LogP contribution is 2.30. The molecule has 0 bridgehead atoms. The van der Waals surface area contributed by atoms with Gasteiger partial charge in [0.1, 0.15) is 19.0 Å². The summed E-state index contributed by atoms with van der Waals surface area (Å²) >= 11 is 0. The monoisotopic (exact) mass is 327 g/mol. The Hall–Kier alpha value is -2.69. The normalized spacial score (nSPS) is 15.7. The Labute approximate surface area is 141 Å². The Balaban J connectivity index is 1.46. The molecule has 1 aliphatic heterocycles. The second-order valence-corrected chi connectivity index (χ2v) is 5.70. The summed E-state index contributed by atoms with van der Waals surface area (Å²) in [7, 11) is 0. The van der Waals surface area contributed by atoms with Gasteiger partial charge in [0.2, 0.25) is 6.10 Å². The van der Waals surface area contributed by atoms with Crippen LogP contribution < -0.4 is 19.5 Å². The van der Waals surface area contributed by atoms with E-state index in [0.29, 0.717) is 24.7 Å². The van der Waals surface area contributed by atoms with E-state index in [1.54, 1.807) is 6.07 Å². The van der Waals surface area contributed by atoms with Gasteiger partial charge < -0.3 is 19.5 Å². The van der Waals surface area contributed by atoms with Gasteiger partial charge in [0.25, 0.3) is 5.91 Å². The van der Waals surface area contributed by atoms with Gasteiger partial charge in [-0.25, -0.2) is 0 Å². The fraction of sp³-hybridized carbons (Fsp3) is 0.316. The first kappa shape index (κ1) is 16.2. The van der Waals surface area contributed by atoms with E-state index < -0.39 is 6.10 Å². The molecule has 3 rings (SSSR count). The molecule has 5 heteroatoms. The zero-order chi connectivity index (χ0) is 16.9. The molecule has 1 N–H and O–H groups in total. The zero-order valence-corrected chi connectivity index (χ0v) is 13.9. The van der Waals surface area contributed by atoms with Crippen molar-refractivity contribution < 1.29 is 19.0 Å². The molecule has 0 saturated heterocycles. The van der Waals surface area contributed by atoms with Crippen LogP contribution in [0.1, 0.15) is 11.1 Å². The first-order valence-corrected chi connectivity index (χ1v) is 8.00. The first-order chi connectivity index (χ1) is 11.6. The molecule has 0 unspecified atom stereocenters. The van der Waals surface area contributed by atoms with Crippen molar-refractivity contribution in [3.05, 3.63) is 53.6 Å². The number of nitrogens with one attached hydrogen (secondary N) is 1. The molecule has 0 spiro atoms. The molecule has 1 atom stereocenters. The van der Waals surface area contributed by atoms with E-state index in [0.717, 1.165) is 11.3 Å². The Morgan fingerprint density at radius 1 is 1.17 bits per heavy atom. The predicted molar refractivity (Wildman–Crippen MR) is 90.8 cm³/mol. The van der Waals surface area contributed by atoms with E-state index in [1.165, 1.54) is 5.56 Å². The molecule has 1 amide bonds. The molecule has 0 saturated carbocycles. The van der Waals surface area contributed by atoms with Crippen molar-refractivity contribution in [2.75, 3.05) is 19.8 Å². The number of hydrogen-bond donors (Lipinski definition) is 1. The molecule has 24 heavy (non-hydrogen) atoms. The largest absolute Gasteiger partial charge is 0.491 e. The maximum absolute atomic E-state index is 12.2. The maximum atomic E-state index is 12.2. The summed E-state index contributed by atoms with van der Waals surface area (Å²) in [6, 6.07) is 13.3. The number of ether oxygens (including phenoxy) is 3. The zero-order valence-electron chi connectivity index (χ0n) is 13.9. The van der Waals surface area contributed by atoms with E-state index in [2.05, 4.69) is 5.32 Å². The van der Waals surface area contributed by atoms with E-state index in [1.807, 2.05) is 50.2 Å². The van der Waals surface area contributed by atoms with Crippen LogP contribution in [-0.4, -0.2) is 31.8 Å². The third kappa shape index (κ3) is 3.62. The molecular formula is C19H21NO4. The summed E-state index contributed by atoms with van der Waals surface area (Å²) in [4.78, 5) is 12.2. The van der Waals surface area contributed by atoms with Crippen LogP contribution in [0.25, 0.3) is 0 Å². The molecular weight excluding hydrogens is 306 g/mol. The molecule has 0 aromatic heterocycles. The van der Waals surface area contributed by atoms with Crippen molar-refractivity contribution in [2.45, 2.75) is 20.0 Å². The van der Waals surface area contributed by atoms with Gasteiger partial charge in [-0.05, 0) is 43.2 Å². The number of amides is 1. The quantitative estimate of drug-likeness (QED) is 0.858. The number of carbonyl (C=O) groups is 1. The topological polar surface area (TPSA) is 56.8 Å². The molecule has 1 aliphatic rings. The minimum atomic E-state index is -0.638. The summed E-state index contributed by atoms with van der Waals surface area (Å²) in [5.41, 5.74) is 2.30. The third-order valence-electron chi connectivity index (χ3n) is 4.01. The van der Waals surface area contributed by atoms with Gasteiger partial charge in [-0.3, -0.25) is 4.79 Å². The molecule has 0 radical (unpaired) electrons. The van der Waals surface area contributed by atoms with Gasteiger partial charge in [0.05, 0.1) is 6.54 Å². The van der Waals surface area contributed by atoms with E-state index >= 15 is 0 Å². The van der Waals surface area contributed by atoms with Crippen molar-refractivity contribution in [2.24, 2.45) is 0 Å². The average Bonchev–Trinajstić information content (AvgIpc) is 2.61. The summed E-state index contributed by atoms with van der Waals surface area (Å²) in [6.45, 7) is 5.09.